The smallest absolute Gasteiger partial charge is 0.268 e. The molecule has 1 amide bonds. The zero-order valence-electron chi connectivity index (χ0n) is 11.6. The first-order valence-electron chi connectivity index (χ1n) is 6.27. The van der Waals surface area contributed by atoms with E-state index in [1.807, 2.05) is 31.5 Å². The number of hydrogen-bond acceptors (Lipinski definition) is 4. The van der Waals surface area contributed by atoms with Gasteiger partial charge < -0.3 is 14.9 Å². The van der Waals surface area contributed by atoms with Gasteiger partial charge in [0.1, 0.15) is 17.6 Å². The molecule has 0 radical (unpaired) electrons. The first kappa shape index (κ1) is 13.8. The van der Waals surface area contributed by atoms with Gasteiger partial charge in [0, 0.05) is 19.2 Å². The maximum atomic E-state index is 11.9. The molecule has 2 heterocycles. The molecule has 0 saturated heterocycles. The van der Waals surface area contributed by atoms with Crippen LogP contribution in [0.3, 0.4) is 0 Å². The molecule has 0 unspecified atom stereocenters. The van der Waals surface area contributed by atoms with Crippen LogP contribution in [-0.4, -0.2) is 25.7 Å². The van der Waals surface area contributed by atoms with Crippen molar-refractivity contribution < 1.29 is 4.79 Å². The van der Waals surface area contributed by atoms with Crippen molar-refractivity contribution in [1.29, 1.82) is 5.26 Å². The van der Waals surface area contributed by atoms with Crippen LogP contribution in [0.1, 0.15) is 47.5 Å². The highest BCUT2D eigenvalue weighted by Crippen LogP contribution is 2.11. The number of rotatable bonds is 4. The highest BCUT2D eigenvalue weighted by atomic mass is 16.1. The third kappa shape index (κ3) is 2.69. The maximum Gasteiger partial charge on any atom is 0.268 e. The zero-order valence-corrected chi connectivity index (χ0v) is 11.6. The number of nitriles is 1. The van der Waals surface area contributed by atoms with E-state index in [2.05, 4.69) is 20.5 Å². The monoisotopic (exact) mass is 272 g/mol. The summed E-state index contributed by atoms with van der Waals surface area (Å²) in [6, 6.07) is 3.47. The summed E-state index contributed by atoms with van der Waals surface area (Å²) in [6.45, 7) is 4.36. The van der Waals surface area contributed by atoms with E-state index in [0.717, 1.165) is 5.82 Å². The fourth-order valence-corrected chi connectivity index (χ4v) is 1.88. The van der Waals surface area contributed by atoms with E-state index in [4.69, 9.17) is 5.26 Å². The van der Waals surface area contributed by atoms with Crippen LogP contribution in [0.15, 0.2) is 12.3 Å². The fraction of sp³-hybridized carbons (Fsp3) is 0.385. The molecule has 2 rings (SSSR count). The Kier molecular flexibility index (Phi) is 3.84. The first-order valence-corrected chi connectivity index (χ1v) is 6.27. The molecule has 2 aromatic rings. The van der Waals surface area contributed by atoms with Gasteiger partial charge in [-0.15, -0.1) is 10.2 Å². The van der Waals surface area contributed by atoms with E-state index in [0.29, 0.717) is 17.1 Å². The standard InChI is InChI=1S/C13H16N6O/c1-8(2)12-18-17-11(19(12)3)7-16-13(20)10-4-9(5-14)6-15-10/h4,6,8,15H,7H2,1-3H3,(H,16,20). The first-order chi connectivity index (χ1) is 9.52. The lowest BCUT2D eigenvalue weighted by atomic mass is 10.2. The van der Waals surface area contributed by atoms with Crippen molar-refractivity contribution in [3.8, 4) is 6.07 Å². The van der Waals surface area contributed by atoms with E-state index in [1.54, 1.807) is 0 Å². The average Bonchev–Trinajstić information content (AvgIpc) is 3.02. The number of aromatic nitrogens is 4. The SMILES string of the molecule is CC(C)c1nnc(CNC(=O)c2cc(C#N)c[nH]2)n1C. The van der Waals surface area contributed by atoms with Crippen molar-refractivity contribution in [2.45, 2.75) is 26.3 Å². The van der Waals surface area contributed by atoms with Crippen molar-refractivity contribution in [2.75, 3.05) is 0 Å². The molecule has 0 aromatic carbocycles. The van der Waals surface area contributed by atoms with Gasteiger partial charge in [-0.05, 0) is 6.07 Å². The van der Waals surface area contributed by atoms with Gasteiger partial charge in [-0.25, -0.2) is 0 Å². The summed E-state index contributed by atoms with van der Waals surface area (Å²) >= 11 is 0. The predicted molar refractivity (Wildman–Crippen MR) is 71.8 cm³/mol. The molecule has 2 aromatic heterocycles. The predicted octanol–water partition coefficient (Wildman–Crippen LogP) is 1.07. The summed E-state index contributed by atoms with van der Waals surface area (Å²) in [7, 11) is 1.87. The normalized spacial score (nSPS) is 10.6. The van der Waals surface area contributed by atoms with Crippen molar-refractivity contribution in [3.63, 3.8) is 0 Å². The topological polar surface area (TPSA) is 99.4 Å². The van der Waals surface area contributed by atoms with Crippen LogP contribution in [0, 0.1) is 11.3 Å². The Morgan fingerprint density at radius 2 is 2.30 bits per heavy atom. The number of nitrogens with zero attached hydrogens (tertiary/aromatic N) is 4. The minimum Gasteiger partial charge on any atom is -0.356 e. The molecule has 0 fully saturated rings. The number of hydrogen-bond donors (Lipinski definition) is 2. The summed E-state index contributed by atoms with van der Waals surface area (Å²) in [6.07, 6.45) is 1.49. The van der Waals surface area contributed by atoms with Crippen LogP contribution >= 0.6 is 0 Å². The number of aromatic amines is 1. The van der Waals surface area contributed by atoms with E-state index in [9.17, 15) is 4.79 Å². The second-order valence-corrected chi connectivity index (χ2v) is 4.78. The Bertz CT molecular complexity index is 661. The van der Waals surface area contributed by atoms with E-state index in [-0.39, 0.29) is 18.4 Å². The quantitative estimate of drug-likeness (QED) is 0.869. The Morgan fingerprint density at radius 3 is 2.85 bits per heavy atom. The molecule has 7 nitrogen and oxygen atoms in total. The molecule has 0 saturated carbocycles. The molecule has 0 atom stereocenters. The van der Waals surface area contributed by atoms with Crippen molar-refractivity contribution >= 4 is 5.91 Å². The summed E-state index contributed by atoms with van der Waals surface area (Å²) < 4.78 is 1.88. The summed E-state index contributed by atoms with van der Waals surface area (Å²) in [4.78, 5) is 14.6. The van der Waals surface area contributed by atoms with Gasteiger partial charge >= 0.3 is 0 Å². The van der Waals surface area contributed by atoms with E-state index < -0.39 is 0 Å². The third-order valence-corrected chi connectivity index (χ3v) is 2.98. The number of H-pyrrole nitrogens is 1. The molecule has 0 aliphatic heterocycles. The summed E-state index contributed by atoms with van der Waals surface area (Å²) in [5, 5.41) is 19.6. The lowest BCUT2D eigenvalue weighted by molar-refractivity contribution is 0.0945. The molecule has 2 N–H and O–H groups in total. The highest BCUT2D eigenvalue weighted by Gasteiger charge is 2.13. The van der Waals surface area contributed by atoms with Gasteiger partial charge in [-0.3, -0.25) is 4.79 Å². The largest absolute Gasteiger partial charge is 0.356 e. The molecule has 0 spiro atoms. The summed E-state index contributed by atoms with van der Waals surface area (Å²) in [5.41, 5.74) is 0.781. The van der Waals surface area contributed by atoms with Crippen LogP contribution < -0.4 is 5.32 Å². The van der Waals surface area contributed by atoms with Crippen molar-refractivity contribution in [3.05, 3.63) is 35.2 Å². The number of amides is 1. The number of carbonyl (C=O) groups is 1. The molecular weight excluding hydrogens is 256 g/mol. The highest BCUT2D eigenvalue weighted by molar-refractivity contribution is 5.92. The average molecular weight is 272 g/mol. The van der Waals surface area contributed by atoms with Crippen molar-refractivity contribution in [2.24, 2.45) is 7.05 Å². The second kappa shape index (κ2) is 5.57. The molecule has 7 heteroatoms. The van der Waals surface area contributed by atoms with Gasteiger partial charge in [-0.2, -0.15) is 5.26 Å². The van der Waals surface area contributed by atoms with Crippen LogP contribution in [0.2, 0.25) is 0 Å². The Hall–Kier alpha value is -2.62. The van der Waals surface area contributed by atoms with Gasteiger partial charge in [-0.1, -0.05) is 13.8 Å². The lowest BCUT2D eigenvalue weighted by Gasteiger charge is -2.06. The second-order valence-electron chi connectivity index (χ2n) is 4.78. The molecule has 0 aliphatic carbocycles. The third-order valence-electron chi connectivity index (χ3n) is 2.98. The van der Waals surface area contributed by atoms with E-state index in [1.165, 1.54) is 12.3 Å². The van der Waals surface area contributed by atoms with Gasteiger partial charge in [0.2, 0.25) is 0 Å². The molecular formula is C13H16N6O. The van der Waals surface area contributed by atoms with Crippen LogP contribution in [0.5, 0.6) is 0 Å². The maximum absolute atomic E-state index is 11.9. The van der Waals surface area contributed by atoms with Crippen LogP contribution in [-0.2, 0) is 13.6 Å². The Morgan fingerprint density at radius 1 is 1.55 bits per heavy atom. The molecule has 104 valence electrons. The fourth-order valence-electron chi connectivity index (χ4n) is 1.88. The van der Waals surface area contributed by atoms with Crippen molar-refractivity contribution in [1.82, 2.24) is 25.1 Å². The number of carbonyl (C=O) groups excluding carboxylic acids is 1. The molecule has 20 heavy (non-hydrogen) atoms. The van der Waals surface area contributed by atoms with Gasteiger partial charge in [0.15, 0.2) is 5.82 Å². The lowest BCUT2D eigenvalue weighted by Crippen LogP contribution is -2.24. The Labute approximate surface area is 116 Å². The zero-order chi connectivity index (χ0) is 14.7. The van der Waals surface area contributed by atoms with Crippen LogP contribution in [0.25, 0.3) is 0 Å². The summed E-state index contributed by atoms with van der Waals surface area (Å²) in [5.74, 6) is 1.56. The van der Waals surface area contributed by atoms with Gasteiger partial charge in [0.05, 0.1) is 12.1 Å². The van der Waals surface area contributed by atoms with E-state index >= 15 is 0 Å². The molecule has 0 aliphatic rings. The van der Waals surface area contributed by atoms with Crippen LogP contribution in [0.4, 0.5) is 0 Å². The Balaban J connectivity index is 2.02. The molecule has 0 bridgehead atoms. The van der Waals surface area contributed by atoms with Gasteiger partial charge in [0.25, 0.3) is 5.91 Å². The minimum atomic E-state index is -0.277. The minimum absolute atomic E-state index is 0.276. The number of nitrogens with one attached hydrogen (secondary N) is 2.